The summed E-state index contributed by atoms with van der Waals surface area (Å²) in [6, 6.07) is 16.4. The first-order valence-electron chi connectivity index (χ1n) is 13.9. The molecule has 1 fully saturated rings. The molecule has 204 valence electrons. The number of carbonyl (C=O) groups excluding carboxylic acids is 3. The molecule has 2 amide bonds. The highest BCUT2D eigenvalue weighted by Crippen LogP contribution is 2.28. The van der Waals surface area contributed by atoms with Crippen LogP contribution in [0.4, 0.5) is 0 Å². The van der Waals surface area contributed by atoms with Crippen molar-refractivity contribution in [2.45, 2.75) is 69.6 Å². The molecule has 2 aromatic carbocycles. The Morgan fingerprint density at radius 3 is 2.61 bits per heavy atom. The normalized spacial score (nSPS) is 25.7. The minimum absolute atomic E-state index is 0.200. The van der Waals surface area contributed by atoms with Crippen LogP contribution in [0, 0.1) is 0 Å². The summed E-state index contributed by atoms with van der Waals surface area (Å²) in [6.07, 6.45) is 5.63. The molecule has 2 aliphatic heterocycles. The van der Waals surface area contributed by atoms with E-state index in [9.17, 15) is 14.4 Å². The first-order valence-corrected chi connectivity index (χ1v) is 13.9. The van der Waals surface area contributed by atoms with Crippen molar-refractivity contribution in [3.63, 3.8) is 0 Å². The lowest BCUT2D eigenvalue weighted by Gasteiger charge is -2.41. The molecule has 0 saturated carbocycles. The second kappa shape index (κ2) is 13.5. The Balaban J connectivity index is 1.62. The fourth-order valence-corrected chi connectivity index (χ4v) is 5.62. The van der Waals surface area contributed by atoms with Crippen molar-refractivity contribution < 1.29 is 19.1 Å². The van der Waals surface area contributed by atoms with Crippen LogP contribution in [0.1, 0.15) is 50.2 Å². The van der Waals surface area contributed by atoms with Gasteiger partial charge in [0.25, 0.3) is 0 Å². The number of amides is 2. The summed E-state index contributed by atoms with van der Waals surface area (Å²) in [5.41, 5.74) is 1.08. The van der Waals surface area contributed by atoms with Crippen molar-refractivity contribution >= 4 is 18.1 Å². The Morgan fingerprint density at radius 2 is 1.82 bits per heavy atom. The van der Waals surface area contributed by atoms with Crippen LogP contribution >= 0.6 is 0 Å². The van der Waals surface area contributed by atoms with Gasteiger partial charge in [0, 0.05) is 26.1 Å². The van der Waals surface area contributed by atoms with Gasteiger partial charge in [-0.2, -0.15) is 0 Å². The Kier molecular flexibility index (Phi) is 9.90. The van der Waals surface area contributed by atoms with Gasteiger partial charge in [-0.05, 0) is 49.3 Å². The Morgan fingerprint density at radius 1 is 1.03 bits per heavy atom. The molecule has 3 atom stereocenters. The van der Waals surface area contributed by atoms with Crippen molar-refractivity contribution in [2.24, 2.45) is 0 Å². The summed E-state index contributed by atoms with van der Waals surface area (Å²) in [5, 5.41) is 9.50. The lowest BCUT2D eigenvalue weighted by molar-refractivity contribution is -0.136. The predicted octanol–water partition coefficient (Wildman–Crippen LogP) is 2.60. The number of ether oxygens (including phenoxy) is 1. The molecule has 2 aliphatic rings. The van der Waals surface area contributed by atoms with E-state index in [1.54, 1.807) is 0 Å². The number of aldehydes is 1. The van der Waals surface area contributed by atoms with Crippen molar-refractivity contribution in [2.75, 3.05) is 26.2 Å². The quantitative estimate of drug-likeness (QED) is 0.524. The first-order chi connectivity index (χ1) is 18.6. The summed E-state index contributed by atoms with van der Waals surface area (Å²) in [7, 11) is 0. The average Bonchev–Trinajstić information content (AvgIpc) is 3.44. The zero-order valence-electron chi connectivity index (χ0n) is 22.3. The minimum Gasteiger partial charge on any atom is -0.492 e. The summed E-state index contributed by atoms with van der Waals surface area (Å²) in [4.78, 5) is 41.6. The molecule has 38 heavy (non-hydrogen) atoms. The molecule has 8 heteroatoms. The number of fused-ring (bicyclic) bond motifs is 2. The molecule has 0 spiro atoms. The van der Waals surface area contributed by atoms with E-state index in [0.29, 0.717) is 45.5 Å². The Bertz CT molecular complexity index is 1080. The summed E-state index contributed by atoms with van der Waals surface area (Å²) >= 11 is 0. The van der Waals surface area contributed by atoms with Crippen LogP contribution in [0.2, 0.25) is 0 Å². The highest BCUT2D eigenvalue weighted by molar-refractivity contribution is 5.90. The van der Waals surface area contributed by atoms with Gasteiger partial charge < -0.3 is 15.4 Å². The van der Waals surface area contributed by atoms with Crippen LogP contribution in [0.25, 0.3) is 0 Å². The van der Waals surface area contributed by atoms with Gasteiger partial charge >= 0.3 is 0 Å². The molecule has 1 unspecified atom stereocenters. The first kappa shape index (κ1) is 27.8. The van der Waals surface area contributed by atoms with Gasteiger partial charge in [-0.1, -0.05) is 61.9 Å². The number of benzene rings is 2. The summed E-state index contributed by atoms with van der Waals surface area (Å²) < 4.78 is 6.10. The zero-order valence-corrected chi connectivity index (χ0v) is 22.3. The van der Waals surface area contributed by atoms with E-state index in [0.717, 1.165) is 48.8 Å². The van der Waals surface area contributed by atoms with Crippen molar-refractivity contribution in [1.29, 1.82) is 0 Å². The van der Waals surface area contributed by atoms with E-state index in [1.807, 2.05) is 66.4 Å². The van der Waals surface area contributed by atoms with Crippen LogP contribution in [-0.2, 0) is 27.2 Å². The fourth-order valence-electron chi connectivity index (χ4n) is 5.62. The summed E-state index contributed by atoms with van der Waals surface area (Å²) in [5.74, 6) is 0.402. The van der Waals surface area contributed by atoms with E-state index in [-0.39, 0.29) is 11.8 Å². The van der Waals surface area contributed by atoms with Crippen LogP contribution in [0.3, 0.4) is 0 Å². The topological polar surface area (TPSA) is 99.8 Å². The molecular weight excluding hydrogens is 480 g/mol. The molecule has 0 aliphatic carbocycles. The average molecular weight is 521 g/mol. The van der Waals surface area contributed by atoms with Gasteiger partial charge in [0.1, 0.15) is 24.1 Å². The maximum atomic E-state index is 13.6. The number of para-hydroxylation sites is 1. The Labute approximate surface area is 225 Å². The molecule has 1 saturated heterocycles. The van der Waals surface area contributed by atoms with Gasteiger partial charge in [0.2, 0.25) is 11.8 Å². The third-order valence-electron chi connectivity index (χ3n) is 7.50. The van der Waals surface area contributed by atoms with Crippen molar-refractivity contribution in [3.8, 4) is 5.75 Å². The summed E-state index contributed by atoms with van der Waals surface area (Å²) in [6.45, 7) is 4.03. The van der Waals surface area contributed by atoms with E-state index < -0.39 is 17.7 Å². The van der Waals surface area contributed by atoms with Crippen LogP contribution in [-0.4, -0.2) is 67.0 Å². The number of carbonyl (C=O) groups is 3. The third kappa shape index (κ3) is 6.79. The standard InChI is InChI=1S/C30H40N4O4/c1-2-16-30(22-35)32-18-20-38-27-15-7-6-12-24(27)13-8-17-31-28(36)25(21-23-10-4-3-5-11-23)33-29(37)26-14-9-19-34(26)30/h3-7,10-12,15,22,25-26,32H,2,8-9,13-14,16-21H2,1H3,(H,31,36)(H,33,37)/t25-,26?,30+/m1/s1. The highest BCUT2D eigenvalue weighted by atomic mass is 16.5. The predicted molar refractivity (Wildman–Crippen MR) is 147 cm³/mol. The van der Waals surface area contributed by atoms with E-state index in [1.165, 1.54) is 0 Å². The van der Waals surface area contributed by atoms with Crippen LogP contribution < -0.4 is 20.7 Å². The maximum absolute atomic E-state index is 13.6. The number of aryl methyl sites for hydroxylation is 1. The third-order valence-corrected chi connectivity index (χ3v) is 7.50. The van der Waals surface area contributed by atoms with E-state index in [4.69, 9.17) is 4.74 Å². The molecule has 8 nitrogen and oxygen atoms in total. The second-order valence-electron chi connectivity index (χ2n) is 10.2. The smallest absolute Gasteiger partial charge is 0.242 e. The van der Waals surface area contributed by atoms with E-state index >= 15 is 0 Å². The molecule has 0 bridgehead atoms. The Hall–Kier alpha value is -3.23. The molecule has 0 aromatic heterocycles. The van der Waals surface area contributed by atoms with Gasteiger partial charge in [0.05, 0.1) is 6.04 Å². The molecule has 2 aromatic rings. The van der Waals surface area contributed by atoms with Gasteiger partial charge in [-0.15, -0.1) is 0 Å². The van der Waals surface area contributed by atoms with Gasteiger partial charge in [-0.25, -0.2) is 0 Å². The number of rotatable bonds is 5. The molecule has 2 heterocycles. The monoisotopic (exact) mass is 520 g/mol. The number of hydrogen-bond donors (Lipinski definition) is 3. The molecule has 0 radical (unpaired) electrons. The minimum atomic E-state index is -0.971. The SMILES string of the molecule is CCC[C@]1(C=O)NCCOc2ccccc2CCCNC(=O)[C@@H](Cc2ccccc2)NC(=O)C2CCCN21. The van der Waals surface area contributed by atoms with E-state index in [2.05, 4.69) is 16.0 Å². The van der Waals surface area contributed by atoms with Crippen LogP contribution in [0.5, 0.6) is 5.75 Å². The molecule has 3 N–H and O–H groups in total. The lowest BCUT2D eigenvalue weighted by atomic mass is 10.0. The van der Waals surface area contributed by atoms with Gasteiger partial charge in [-0.3, -0.25) is 24.6 Å². The second-order valence-corrected chi connectivity index (χ2v) is 10.2. The maximum Gasteiger partial charge on any atom is 0.242 e. The molecular formula is C30H40N4O4. The van der Waals surface area contributed by atoms with Crippen molar-refractivity contribution in [1.82, 2.24) is 20.9 Å². The zero-order chi connectivity index (χ0) is 26.8. The lowest BCUT2D eigenvalue weighted by Crippen LogP contribution is -2.65. The van der Waals surface area contributed by atoms with Crippen molar-refractivity contribution in [3.05, 3.63) is 65.7 Å². The van der Waals surface area contributed by atoms with Crippen LogP contribution in [0.15, 0.2) is 54.6 Å². The largest absolute Gasteiger partial charge is 0.492 e. The fraction of sp³-hybridized carbons (Fsp3) is 0.500. The number of nitrogens with zero attached hydrogens (tertiary/aromatic N) is 1. The number of hydrogen-bond acceptors (Lipinski definition) is 6. The number of nitrogens with one attached hydrogen (secondary N) is 3. The highest BCUT2D eigenvalue weighted by Gasteiger charge is 2.45. The molecule has 4 rings (SSSR count). The van der Waals surface area contributed by atoms with Gasteiger partial charge in [0.15, 0.2) is 6.29 Å².